The maximum absolute atomic E-state index is 12.7. The number of carbonyl (C=O) groups is 1. The van der Waals surface area contributed by atoms with Crippen molar-refractivity contribution in [2.24, 2.45) is 5.14 Å². The van der Waals surface area contributed by atoms with Gasteiger partial charge >= 0.3 is 0 Å². The first-order valence-corrected chi connectivity index (χ1v) is 9.50. The molecule has 0 radical (unpaired) electrons. The van der Waals surface area contributed by atoms with E-state index in [-0.39, 0.29) is 30.9 Å². The van der Waals surface area contributed by atoms with Crippen molar-refractivity contribution in [3.8, 4) is 5.75 Å². The lowest BCUT2D eigenvalue weighted by atomic mass is 10.2. The number of carbonyl (C=O) groups excluding carboxylic acids is 1. The number of imidazole rings is 1. The number of nitrogens with one attached hydrogen (secondary N) is 1. The van der Waals surface area contributed by atoms with E-state index in [0.717, 1.165) is 4.31 Å². The molecular weight excluding hydrogens is 382 g/mol. The van der Waals surface area contributed by atoms with Gasteiger partial charge in [0.05, 0.1) is 12.3 Å². The largest absolute Gasteiger partial charge is 0.490 e. The predicted octanol–water partition coefficient (Wildman–Crippen LogP) is 0.471. The Morgan fingerprint density at radius 1 is 1.50 bits per heavy atom. The first-order chi connectivity index (χ1) is 11.8. The zero-order valence-electron chi connectivity index (χ0n) is 14.5. The van der Waals surface area contributed by atoms with E-state index in [1.165, 1.54) is 0 Å². The number of amides is 1. The number of nitrogens with two attached hydrogens (primary N) is 1. The van der Waals surface area contributed by atoms with Crippen LogP contribution in [0.1, 0.15) is 29.5 Å². The van der Waals surface area contributed by atoms with Gasteiger partial charge in [-0.25, -0.2) is 10.1 Å². The third kappa shape index (κ3) is 3.93. The Bertz CT molecular complexity index is 914. The Morgan fingerprint density at radius 3 is 2.85 bits per heavy atom. The van der Waals surface area contributed by atoms with Gasteiger partial charge in [0.1, 0.15) is 5.69 Å². The second-order valence-corrected chi connectivity index (χ2v) is 7.45. The van der Waals surface area contributed by atoms with Gasteiger partial charge in [-0.05, 0) is 32.4 Å². The van der Waals surface area contributed by atoms with Crippen LogP contribution in [0, 0.1) is 6.92 Å². The van der Waals surface area contributed by atoms with E-state index in [4.69, 9.17) is 9.88 Å². The molecule has 2 aromatic rings. The molecule has 3 heterocycles. The lowest BCUT2D eigenvalue weighted by Crippen LogP contribution is -2.40. The van der Waals surface area contributed by atoms with Crippen molar-refractivity contribution in [2.75, 3.05) is 19.7 Å². The summed E-state index contributed by atoms with van der Waals surface area (Å²) >= 11 is 0. The molecule has 0 aromatic carbocycles. The average Bonchev–Trinajstić information content (AvgIpc) is 3.11. The summed E-state index contributed by atoms with van der Waals surface area (Å²) in [5, 5.41) is 7.99. The maximum atomic E-state index is 12.7. The van der Waals surface area contributed by atoms with Gasteiger partial charge in [0.25, 0.3) is 16.1 Å². The van der Waals surface area contributed by atoms with Crippen LogP contribution in [0.4, 0.5) is 0 Å². The monoisotopic (exact) mass is 403 g/mol. The molecule has 26 heavy (non-hydrogen) atoms. The highest BCUT2D eigenvalue weighted by Gasteiger charge is 2.31. The Morgan fingerprint density at radius 2 is 2.23 bits per heavy atom. The van der Waals surface area contributed by atoms with Gasteiger partial charge in [0.15, 0.2) is 11.4 Å². The molecule has 1 fully saturated rings. The third-order valence-electron chi connectivity index (χ3n) is 4.15. The number of fused-ring (bicyclic) bond motifs is 1. The molecule has 1 saturated heterocycles. The zero-order valence-corrected chi connectivity index (χ0v) is 16.1. The Balaban J connectivity index is 0.00000243. The SMILES string of the molecule is CCOc1cccn2c(C(=O)N[C@H]3CCN(S(N)(=O)=O)C3)c(C)nc12.Cl. The summed E-state index contributed by atoms with van der Waals surface area (Å²) in [5.74, 6) is 0.299. The fraction of sp³-hybridized carbons (Fsp3) is 0.467. The van der Waals surface area contributed by atoms with E-state index in [9.17, 15) is 13.2 Å². The summed E-state index contributed by atoms with van der Waals surface area (Å²) in [4.78, 5) is 17.1. The van der Waals surface area contributed by atoms with Crippen molar-refractivity contribution in [1.82, 2.24) is 19.0 Å². The molecule has 2 aromatic heterocycles. The maximum Gasteiger partial charge on any atom is 0.276 e. The van der Waals surface area contributed by atoms with Crippen LogP contribution < -0.4 is 15.2 Å². The van der Waals surface area contributed by atoms with Crippen LogP contribution in [0.25, 0.3) is 5.65 Å². The number of rotatable bonds is 5. The first-order valence-electron chi connectivity index (χ1n) is 8.00. The molecule has 1 amide bonds. The highest BCUT2D eigenvalue weighted by molar-refractivity contribution is 7.86. The zero-order chi connectivity index (χ0) is 18.2. The molecule has 11 heteroatoms. The number of halogens is 1. The van der Waals surface area contributed by atoms with Crippen molar-refractivity contribution in [3.05, 3.63) is 29.7 Å². The van der Waals surface area contributed by atoms with Crippen LogP contribution in [0.15, 0.2) is 18.3 Å². The summed E-state index contributed by atoms with van der Waals surface area (Å²) in [6.07, 6.45) is 2.26. The van der Waals surface area contributed by atoms with Gasteiger partial charge in [0, 0.05) is 25.3 Å². The minimum atomic E-state index is -3.73. The second-order valence-electron chi connectivity index (χ2n) is 5.91. The van der Waals surface area contributed by atoms with E-state index >= 15 is 0 Å². The van der Waals surface area contributed by atoms with Crippen molar-refractivity contribution in [1.29, 1.82) is 0 Å². The van der Waals surface area contributed by atoms with E-state index in [2.05, 4.69) is 10.3 Å². The Kier molecular flexibility index (Phi) is 6.12. The average molecular weight is 404 g/mol. The molecule has 1 aliphatic rings. The van der Waals surface area contributed by atoms with Crippen LogP contribution in [0.2, 0.25) is 0 Å². The number of aryl methyl sites for hydroxylation is 1. The van der Waals surface area contributed by atoms with Crippen molar-refractivity contribution in [3.63, 3.8) is 0 Å². The lowest BCUT2D eigenvalue weighted by molar-refractivity contribution is 0.0932. The standard InChI is InChI=1S/C15H21N5O4S.ClH/c1-3-24-12-5-4-7-20-13(10(2)17-14(12)20)15(21)18-11-6-8-19(9-11)25(16,22)23;/h4-5,7,11H,3,6,8-9H2,1-2H3,(H,18,21)(H2,16,22,23);1H/t11-;/m0./s1. The van der Waals surface area contributed by atoms with E-state index < -0.39 is 10.2 Å². The fourth-order valence-electron chi connectivity index (χ4n) is 3.03. The van der Waals surface area contributed by atoms with Crippen LogP contribution in [0.3, 0.4) is 0 Å². The van der Waals surface area contributed by atoms with Gasteiger partial charge < -0.3 is 10.1 Å². The van der Waals surface area contributed by atoms with E-state index in [0.29, 0.717) is 42.4 Å². The van der Waals surface area contributed by atoms with Crippen LogP contribution in [-0.4, -0.2) is 53.8 Å². The van der Waals surface area contributed by atoms with Gasteiger partial charge in [-0.15, -0.1) is 12.4 Å². The van der Waals surface area contributed by atoms with Gasteiger partial charge in [-0.2, -0.15) is 12.7 Å². The molecular formula is C15H22ClN5O4S. The van der Waals surface area contributed by atoms with Crippen molar-refractivity contribution >= 4 is 34.2 Å². The quantitative estimate of drug-likeness (QED) is 0.752. The summed E-state index contributed by atoms with van der Waals surface area (Å²) in [7, 11) is -3.73. The molecule has 3 N–H and O–H groups in total. The normalized spacial score (nSPS) is 17.9. The number of ether oxygens (including phenoxy) is 1. The number of aromatic nitrogens is 2. The number of hydrogen-bond donors (Lipinski definition) is 2. The molecule has 9 nitrogen and oxygen atoms in total. The molecule has 0 bridgehead atoms. The van der Waals surface area contributed by atoms with Gasteiger partial charge in [-0.1, -0.05) is 0 Å². The second kappa shape index (κ2) is 7.78. The summed E-state index contributed by atoms with van der Waals surface area (Å²) < 4.78 is 31.2. The highest BCUT2D eigenvalue weighted by atomic mass is 35.5. The number of hydrogen-bond acceptors (Lipinski definition) is 5. The van der Waals surface area contributed by atoms with Crippen LogP contribution in [0.5, 0.6) is 5.75 Å². The molecule has 0 spiro atoms. The molecule has 0 aliphatic carbocycles. The third-order valence-corrected chi connectivity index (χ3v) is 5.20. The summed E-state index contributed by atoms with van der Waals surface area (Å²) in [5.41, 5.74) is 1.56. The Hall–Kier alpha value is -1.88. The van der Waals surface area contributed by atoms with E-state index in [1.54, 1.807) is 29.7 Å². The smallest absolute Gasteiger partial charge is 0.276 e. The Labute approximate surface area is 158 Å². The topological polar surface area (TPSA) is 119 Å². The van der Waals surface area contributed by atoms with Crippen LogP contribution in [-0.2, 0) is 10.2 Å². The lowest BCUT2D eigenvalue weighted by Gasteiger charge is -2.14. The predicted molar refractivity (Wildman–Crippen MR) is 98.9 cm³/mol. The van der Waals surface area contributed by atoms with Gasteiger partial charge in [0.2, 0.25) is 0 Å². The number of pyridine rings is 1. The number of nitrogens with zero attached hydrogens (tertiary/aromatic N) is 3. The van der Waals surface area contributed by atoms with Gasteiger partial charge in [-0.3, -0.25) is 9.20 Å². The molecule has 1 atom stereocenters. The minimum absolute atomic E-state index is 0. The molecule has 0 unspecified atom stereocenters. The molecule has 144 valence electrons. The molecule has 0 saturated carbocycles. The van der Waals surface area contributed by atoms with Crippen molar-refractivity contribution < 1.29 is 17.9 Å². The van der Waals surface area contributed by atoms with E-state index in [1.807, 2.05) is 6.92 Å². The molecule has 3 rings (SSSR count). The minimum Gasteiger partial charge on any atom is -0.490 e. The summed E-state index contributed by atoms with van der Waals surface area (Å²) in [6, 6.07) is 3.30. The van der Waals surface area contributed by atoms with Crippen molar-refractivity contribution in [2.45, 2.75) is 26.3 Å². The first kappa shape index (κ1) is 20.4. The molecule has 1 aliphatic heterocycles. The summed E-state index contributed by atoms with van der Waals surface area (Å²) in [6.45, 7) is 4.60. The highest BCUT2D eigenvalue weighted by Crippen LogP contribution is 2.22. The van der Waals surface area contributed by atoms with Crippen LogP contribution >= 0.6 is 12.4 Å². The fourth-order valence-corrected chi connectivity index (χ4v) is 3.78.